The van der Waals surface area contributed by atoms with Crippen LogP contribution in [0.25, 0.3) is 0 Å². The molecular formula is C10H22N2O2S2. The molecule has 0 unspecified atom stereocenters. The lowest BCUT2D eigenvalue weighted by Crippen LogP contribution is -2.56. The molecule has 96 valence electrons. The van der Waals surface area contributed by atoms with Crippen LogP contribution in [0.3, 0.4) is 0 Å². The molecule has 4 nitrogen and oxygen atoms in total. The van der Waals surface area contributed by atoms with Crippen molar-refractivity contribution in [3.8, 4) is 0 Å². The summed E-state index contributed by atoms with van der Waals surface area (Å²) in [6, 6.07) is 0. The first-order valence-electron chi connectivity index (χ1n) is 5.65. The highest BCUT2D eigenvalue weighted by atomic mass is 32.2. The summed E-state index contributed by atoms with van der Waals surface area (Å²) in [6.45, 7) is 5.71. The van der Waals surface area contributed by atoms with Gasteiger partial charge in [0.1, 0.15) is 0 Å². The highest BCUT2D eigenvalue weighted by Crippen LogP contribution is 2.17. The van der Waals surface area contributed by atoms with Crippen LogP contribution in [0.4, 0.5) is 0 Å². The maximum absolute atomic E-state index is 11.8. The van der Waals surface area contributed by atoms with Crippen LogP contribution in [0.2, 0.25) is 0 Å². The van der Waals surface area contributed by atoms with Gasteiger partial charge in [0, 0.05) is 0 Å². The lowest BCUT2D eigenvalue weighted by atomic mass is 9.94. The summed E-state index contributed by atoms with van der Waals surface area (Å²) < 4.78 is 26.2. The van der Waals surface area contributed by atoms with E-state index in [1.165, 1.54) is 0 Å². The summed E-state index contributed by atoms with van der Waals surface area (Å²) in [5.41, 5.74) is 4.87. The van der Waals surface area contributed by atoms with Gasteiger partial charge in [0.05, 0.1) is 16.3 Å². The molecule has 0 aromatic heterocycles. The third-order valence-electron chi connectivity index (χ3n) is 2.80. The first kappa shape index (κ1) is 15.8. The zero-order valence-electron chi connectivity index (χ0n) is 10.2. The number of thiocarbonyl (C=S) groups is 1. The fourth-order valence-corrected chi connectivity index (χ4v) is 3.65. The van der Waals surface area contributed by atoms with Crippen LogP contribution >= 0.6 is 12.2 Å². The van der Waals surface area contributed by atoms with E-state index in [9.17, 15) is 8.42 Å². The van der Waals surface area contributed by atoms with Crippen molar-refractivity contribution in [3.63, 3.8) is 0 Å². The van der Waals surface area contributed by atoms with E-state index in [1.807, 2.05) is 20.8 Å². The molecule has 0 radical (unpaired) electrons. The Morgan fingerprint density at radius 1 is 1.31 bits per heavy atom. The van der Waals surface area contributed by atoms with Gasteiger partial charge in [-0.2, -0.15) is 0 Å². The van der Waals surface area contributed by atoms with Crippen molar-refractivity contribution in [3.05, 3.63) is 0 Å². The van der Waals surface area contributed by atoms with Gasteiger partial charge < -0.3 is 5.73 Å². The minimum atomic E-state index is -3.29. The molecule has 0 rings (SSSR count). The minimum Gasteiger partial charge on any atom is -0.392 e. The normalized spacial score (nSPS) is 12.7. The average Bonchev–Trinajstić information content (AvgIpc) is 2.23. The predicted molar refractivity (Wildman–Crippen MR) is 71.9 cm³/mol. The fourth-order valence-electron chi connectivity index (χ4n) is 1.48. The third-order valence-corrected chi connectivity index (χ3v) is 4.71. The molecule has 0 fully saturated rings. The van der Waals surface area contributed by atoms with Gasteiger partial charge in [-0.25, -0.2) is 13.1 Å². The summed E-state index contributed by atoms with van der Waals surface area (Å²) >= 11 is 4.96. The topological polar surface area (TPSA) is 72.2 Å². The Balaban J connectivity index is 4.82. The Morgan fingerprint density at radius 3 is 2.12 bits per heavy atom. The number of hydrogen-bond donors (Lipinski definition) is 2. The molecule has 0 aliphatic rings. The molecule has 6 heteroatoms. The second-order valence-electron chi connectivity index (χ2n) is 3.93. The molecule has 0 spiro atoms. The first-order chi connectivity index (χ1) is 7.33. The Morgan fingerprint density at radius 2 is 1.81 bits per heavy atom. The maximum atomic E-state index is 11.8. The zero-order chi connectivity index (χ0) is 12.8. The Bertz CT molecular complexity index is 322. The largest absolute Gasteiger partial charge is 0.392 e. The van der Waals surface area contributed by atoms with E-state index in [0.29, 0.717) is 19.3 Å². The Kier molecular flexibility index (Phi) is 6.43. The Labute approximate surface area is 104 Å². The number of sulfonamides is 1. The summed E-state index contributed by atoms with van der Waals surface area (Å²) in [5, 5.41) is 0. The number of rotatable bonds is 8. The number of nitrogens with two attached hydrogens (primary N) is 1. The van der Waals surface area contributed by atoms with Crippen LogP contribution in [-0.4, -0.2) is 24.7 Å². The van der Waals surface area contributed by atoms with Gasteiger partial charge in [0.2, 0.25) is 10.0 Å². The standard InChI is InChI=1S/C10H22N2O2S2/c1-4-7-8-16(13,14)12-10(5-2,6-3)9(11)15/h12H,4-8H2,1-3H3,(H2,11,15). The van der Waals surface area contributed by atoms with E-state index in [4.69, 9.17) is 18.0 Å². The molecule has 3 N–H and O–H groups in total. The molecule has 0 bridgehead atoms. The fraction of sp³-hybridized carbons (Fsp3) is 0.900. The van der Waals surface area contributed by atoms with Gasteiger partial charge >= 0.3 is 0 Å². The zero-order valence-corrected chi connectivity index (χ0v) is 11.9. The molecule has 0 aliphatic carbocycles. The van der Waals surface area contributed by atoms with Crippen molar-refractivity contribution >= 4 is 27.2 Å². The summed E-state index contributed by atoms with van der Waals surface area (Å²) in [7, 11) is -3.29. The first-order valence-corrected chi connectivity index (χ1v) is 7.71. The van der Waals surface area contributed by atoms with E-state index in [2.05, 4.69) is 4.72 Å². The van der Waals surface area contributed by atoms with Gasteiger partial charge in [0.25, 0.3) is 0 Å². The van der Waals surface area contributed by atoms with Crippen LogP contribution in [0, 0.1) is 0 Å². The molecule has 0 aromatic carbocycles. The Hall–Kier alpha value is -0.200. The highest BCUT2D eigenvalue weighted by molar-refractivity contribution is 7.89. The van der Waals surface area contributed by atoms with Gasteiger partial charge in [-0.15, -0.1) is 0 Å². The molecule has 0 saturated carbocycles. The quantitative estimate of drug-likeness (QED) is 0.654. The number of nitrogens with one attached hydrogen (secondary N) is 1. The molecule has 0 heterocycles. The van der Waals surface area contributed by atoms with Crippen molar-refractivity contribution < 1.29 is 8.42 Å². The molecule has 0 saturated heterocycles. The molecule has 0 aliphatic heterocycles. The van der Waals surface area contributed by atoms with Crippen LogP contribution in [0.15, 0.2) is 0 Å². The van der Waals surface area contributed by atoms with Gasteiger partial charge in [-0.1, -0.05) is 39.4 Å². The second kappa shape index (κ2) is 6.51. The summed E-state index contributed by atoms with van der Waals surface area (Å²) in [5.74, 6) is 0.133. The lowest BCUT2D eigenvalue weighted by Gasteiger charge is -2.31. The van der Waals surface area contributed by atoms with E-state index in [0.717, 1.165) is 6.42 Å². The maximum Gasteiger partial charge on any atom is 0.212 e. The van der Waals surface area contributed by atoms with Gasteiger partial charge in [-0.3, -0.25) is 0 Å². The number of unbranched alkanes of at least 4 members (excludes halogenated alkanes) is 1. The second-order valence-corrected chi connectivity index (χ2v) is 6.21. The van der Waals surface area contributed by atoms with Crippen molar-refractivity contribution in [1.29, 1.82) is 0 Å². The van der Waals surface area contributed by atoms with E-state index in [1.54, 1.807) is 0 Å². The monoisotopic (exact) mass is 266 g/mol. The predicted octanol–water partition coefficient (Wildman–Crippen LogP) is 1.55. The van der Waals surface area contributed by atoms with Crippen LogP contribution in [0.1, 0.15) is 46.5 Å². The molecule has 0 amide bonds. The van der Waals surface area contributed by atoms with Gasteiger partial charge in [-0.05, 0) is 19.3 Å². The van der Waals surface area contributed by atoms with Crippen molar-refractivity contribution in [1.82, 2.24) is 4.72 Å². The summed E-state index contributed by atoms with van der Waals surface area (Å²) in [4.78, 5) is 0.220. The summed E-state index contributed by atoms with van der Waals surface area (Å²) in [6.07, 6.45) is 2.64. The van der Waals surface area contributed by atoms with Crippen LogP contribution in [-0.2, 0) is 10.0 Å². The average molecular weight is 266 g/mol. The lowest BCUT2D eigenvalue weighted by molar-refractivity contribution is 0.465. The van der Waals surface area contributed by atoms with Crippen molar-refractivity contribution in [2.75, 3.05) is 5.75 Å². The molecular weight excluding hydrogens is 244 g/mol. The third kappa shape index (κ3) is 4.35. The molecule has 0 aromatic rings. The number of hydrogen-bond acceptors (Lipinski definition) is 3. The van der Waals surface area contributed by atoms with Crippen molar-refractivity contribution in [2.24, 2.45) is 5.73 Å². The van der Waals surface area contributed by atoms with Crippen LogP contribution < -0.4 is 10.5 Å². The smallest absolute Gasteiger partial charge is 0.212 e. The highest BCUT2D eigenvalue weighted by Gasteiger charge is 2.33. The van der Waals surface area contributed by atoms with E-state index >= 15 is 0 Å². The van der Waals surface area contributed by atoms with E-state index in [-0.39, 0.29) is 10.7 Å². The van der Waals surface area contributed by atoms with Crippen LogP contribution in [0.5, 0.6) is 0 Å². The SMILES string of the molecule is CCCCS(=O)(=O)NC(CC)(CC)C(N)=S. The molecule has 0 atom stereocenters. The van der Waals surface area contributed by atoms with Gasteiger partial charge in [0.15, 0.2) is 0 Å². The molecule has 16 heavy (non-hydrogen) atoms. The van der Waals surface area contributed by atoms with Crippen molar-refractivity contribution in [2.45, 2.75) is 52.0 Å². The van der Waals surface area contributed by atoms with E-state index < -0.39 is 15.6 Å². The minimum absolute atomic E-state index is 0.133.